The summed E-state index contributed by atoms with van der Waals surface area (Å²) in [6.45, 7) is 1.97. The van der Waals surface area contributed by atoms with Gasteiger partial charge in [-0.05, 0) is 60.9 Å². The summed E-state index contributed by atoms with van der Waals surface area (Å²) in [5, 5.41) is 0. The number of halogens is 1. The van der Waals surface area contributed by atoms with Gasteiger partial charge in [-0.3, -0.25) is 25.2 Å². The van der Waals surface area contributed by atoms with Gasteiger partial charge in [-0.2, -0.15) is 0 Å². The van der Waals surface area contributed by atoms with Crippen LogP contribution in [0.1, 0.15) is 23.7 Å². The predicted molar refractivity (Wildman–Crippen MR) is 104 cm³/mol. The van der Waals surface area contributed by atoms with Crippen LogP contribution in [0, 0.1) is 11.8 Å². The summed E-state index contributed by atoms with van der Waals surface area (Å²) < 4.78 is 27.9. The Kier molecular flexibility index (Phi) is 5.52. The summed E-state index contributed by atoms with van der Waals surface area (Å²) in [4.78, 5) is 23.9. The van der Waals surface area contributed by atoms with Crippen LogP contribution < -0.4 is 15.6 Å². The molecule has 1 aliphatic rings. The van der Waals surface area contributed by atoms with Gasteiger partial charge in [-0.25, -0.2) is 8.42 Å². The molecule has 1 aliphatic carbocycles. The second-order valence-electron chi connectivity index (χ2n) is 6.40. The van der Waals surface area contributed by atoms with E-state index in [1.165, 1.54) is 36.4 Å². The van der Waals surface area contributed by atoms with Crippen molar-refractivity contribution in [1.29, 1.82) is 0 Å². The number of carbonyl (C=O) groups is 2. The molecule has 0 aromatic heterocycles. The fourth-order valence-electron chi connectivity index (χ4n) is 2.49. The average molecular weight is 452 g/mol. The van der Waals surface area contributed by atoms with Gasteiger partial charge in [0.15, 0.2) is 0 Å². The van der Waals surface area contributed by atoms with E-state index < -0.39 is 15.9 Å². The smallest absolute Gasteiger partial charge is 0.269 e. The van der Waals surface area contributed by atoms with Crippen molar-refractivity contribution >= 4 is 43.5 Å². The maximum Gasteiger partial charge on any atom is 0.269 e. The first-order chi connectivity index (χ1) is 12.8. The van der Waals surface area contributed by atoms with Gasteiger partial charge in [0.2, 0.25) is 5.91 Å². The predicted octanol–water partition coefficient (Wildman–Crippen LogP) is 2.67. The highest BCUT2D eigenvalue weighted by Crippen LogP contribution is 2.37. The lowest BCUT2D eigenvalue weighted by Gasteiger charge is -2.10. The van der Waals surface area contributed by atoms with Gasteiger partial charge in [0.25, 0.3) is 15.9 Å². The summed E-state index contributed by atoms with van der Waals surface area (Å²) in [6.07, 6.45) is 0.828. The molecule has 1 saturated carbocycles. The van der Waals surface area contributed by atoms with Crippen LogP contribution in [0.4, 0.5) is 5.69 Å². The third-order valence-electron chi connectivity index (χ3n) is 4.27. The van der Waals surface area contributed by atoms with E-state index in [1.54, 1.807) is 12.1 Å². The molecule has 2 amide bonds. The highest BCUT2D eigenvalue weighted by molar-refractivity contribution is 9.10. The molecule has 0 saturated heterocycles. The minimum atomic E-state index is -3.72. The van der Waals surface area contributed by atoms with E-state index >= 15 is 0 Å². The molecule has 2 aromatic carbocycles. The molecule has 2 unspecified atom stereocenters. The number of amides is 2. The SMILES string of the molecule is CC1CC1C(=O)NNC(=O)c1ccc(NS(=O)(=O)c2ccc(Br)cc2)cc1. The number of hydrogen-bond donors (Lipinski definition) is 3. The molecule has 0 spiro atoms. The molecule has 9 heteroatoms. The fourth-order valence-corrected chi connectivity index (χ4v) is 3.81. The monoisotopic (exact) mass is 451 g/mol. The van der Waals surface area contributed by atoms with E-state index in [-0.39, 0.29) is 16.7 Å². The Labute approximate surface area is 165 Å². The van der Waals surface area contributed by atoms with Crippen LogP contribution in [0.3, 0.4) is 0 Å². The molecule has 3 rings (SSSR count). The van der Waals surface area contributed by atoms with E-state index in [2.05, 4.69) is 31.5 Å². The molecule has 7 nitrogen and oxygen atoms in total. The number of anilines is 1. The molecule has 0 bridgehead atoms. The largest absolute Gasteiger partial charge is 0.280 e. The zero-order chi connectivity index (χ0) is 19.6. The van der Waals surface area contributed by atoms with Gasteiger partial charge in [0, 0.05) is 21.6 Å². The summed E-state index contributed by atoms with van der Waals surface area (Å²) in [7, 11) is -3.72. The molecule has 0 aliphatic heterocycles. The van der Waals surface area contributed by atoms with Gasteiger partial charge in [-0.1, -0.05) is 22.9 Å². The van der Waals surface area contributed by atoms with Crippen molar-refractivity contribution < 1.29 is 18.0 Å². The van der Waals surface area contributed by atoms with Gasteiger partial charge in [-0.15, -0.1) is 0 Å². The second-order valence-corrected chi connectivity index (χ2v) is 9.00. The highest BCUT2D eigenvalue weighted by atomic mass is 79.9. The summed E-state index contributed by atoms with van der Waals surface area (Å²) in [5.41, 5.74) is 5.38. The van der Waals surface area contributed by atoms with Gasteiger partial charge < -0.3 is 0 Å². The molecule has 142 valence electrons. The summed E-state index contributed by atoms with van der Waals surface area (Å²) >= 11 is 3.26. The third-order valence-corrected chi connectivity index (χ3v) is 6.19. The number of hydrazine groups is 1. The molecule has 2 aromatic rings. The Morgan fingerprint density at radius 1 is 1.00 bits per heavy atom. The van der Waals surface area contributed by atoms with Crippen molar-refractivity contribution in [3.05, 3.63) is 58.6 Å². The number of carbonyl (C=O) groups excluding carboxylic acids is 2. The fraction of sp³-hybridized carbons (Fsp3) is 0.222. The standard InChI is InChI=1S/C18H18BrN3O4S/c1-11-10-16(11)18(24)21-20-17(23)12-2-6-14(7-3-12)22-27(25,26)15-8-4-13(19)5-9-15/h2-9,11,16,22H,10H2,1H3,(H,20,23)(H,21,24). The lowest BCUT2D eigenvalue weighted by Crippen LogP contribution is -2.42. The molecule has 0 heterocycles. The molecule has 0 radical (unpaired) electrons. The van der Waals surface area contributed by atoms with Crippen LogP contribution in [-0.4, -0.2) is 20.2 Å². The Morgan fingerprint density at radius 2 is 1.59 bits per heavy atom. The van der Waals surface area contributed by atoms with Crippen molar-refractivity contribution in [3.8, 4) is 0 Å². The van der Waals surface area contributed by atoms with E-state index in [1.807, 2.05) is 6.92 Å². The Morgan fingerprint density at radius 3 is 2.15 bits per heavy atom. The van der Waals surface area contributed by atoms with Crippen LogP contribution in [0.25, 0.3) is 0 Å². The van der Waals surface area contributed by atoms with E-state index in [4.69, 9.17) is 0 Å². The minimum absolute atomic E-state index is 0.0410. The average Bonchev–Trinajstić information content (AvgIpc) is 3.37. The molecule has 3 N–H and O–H groups in total. The molecule has 27 heavy (non-hydrogen) atoms. The molecule has 2 atom stereocenters. The van der Waals surface area contributed by atoms with Crippen LogP contribution in [-0.2, 0) is 14.8 Å². The lowest BCUT2D eigenvalue weighted by molar-refractivity contribution is -0.123. The van der Waals surface area contributed by atoms with E-state index in [0.717, 1.165) is 10.9 Å². The number of rotatable bonds is 5. The first kappa shape index (κ1) is 19.4. The van der Waals surface area contributed by atoms with E-state index in [9.17, 15) is 18.0 Å². The molecule has 1 fully saturated rings. The van der Waals surface area contributed by atoms with Gasteiger partial charge >= 0.3 is 0 Å². The number of hydrogen-bond acceptors (Lipinski definition) is 4. The number of benzene rings is 2. The molecular formula is C18H18BrN3O4S. The lowest BCUT2D eigenvalue weighted by atomic mass is 10.2. The van der Waals surface area contributed by atoms with Crippen molar-refractivity contribution in [2.45, 2.75) is 18.2 Å². The Hall–Kier alpha value is -2.39. The first-order valence-corrected chi connectivity index (χ1v) is 10.5. The second kappa shape index (κ2) is 7.69. The van der Waals surface area contributed by atoms with Crippen molar-refractivity contribution in [2.75, 3.05) is 4.72 Å². The van der Waals surface area contributed by atoms with Crippen LogP contribution in [0.5, 0.6) is 0 Å². The van der Waals surface area contributed by atoms with Crippen LogP contribution in [0.2, 0.25) is 0 Å². The third kappa shape index (κ3) is 4.86. The first-order valence-electron chi connectivity index (χ1n) is 8.25. The van der Waals surface area contributed by atoms with Gasteiger partial charge in [0.05, 0.1) is 4.90 Å². The summed E-state index contributed by atoms with van der Waals surface area (Å²) in [6, 6.07) is 12.2. The van der Waals surface area contributed by atoms with Crippen molar-refractivity contribution in [2.24, 2.45) is 11.8 Å². The van der Waals surface area contributed by atoms with Crippen LogP contribution >= 0.6 is 15.9 Å². The molecular weight excluding hydrogens is 434 g/mol. The van der Waals surface area contributed by atoms with Gasteiger partial charge in [0.1, 0.15) is 0 Å². The number of sulfonamides is 1. The quantitative estimate of drug-likeness (QED) is 0.607. The number of nitrogens with one attached hydrogen (secondary N) is 3. The van der Waals surface area contributed by atoms with Crippen molar-refractivity contribution in [3.63, 3.8) is 0 Å². The Bertz CT molecular complexity index is 959. The normalized spacial score (nSPS) is 18.4. The zero-order valence-corrected chi connectivity index (χ0v) is 16.8. The topological polar surface area (TPSA) is 104 Å². The Balaban J connectivity index is 1.60. The summed E-state index contributed by atoms with van der Waals surface area (Å²) in [5.74, 6) is -0.366. The zero-order valence-electron chi connectivity index (χ0n) is 14.4. The van der Waals surface area contributed by atoms with E-state index in [0.29, 0.717) is 17.2 Å². The maximum atomic E-state index is 12.4. The highest BCUT2D eigenvalue weighted by Gasteiger charge is 2.39. The van der Waals surface area contributed by atoms with Crippen LogP contribution in [0.15, 0.2) is 57.9 Å². The van der Waals surface area contributed by atoms with Crippen molar-refractivity contribution in [1.82, 2.24) is 10.9 Å². The maximum absolute atomic E-state index is 12.4. The minimum Gasteiger partial charge on any atom is -0.280 e.